The molecule has 2 N–H and O–H groups in total. The van der Waals surface area contributed by atoms with Crippen LogP contribution < -0.4 is 4.72 Å². The Morgan fingerprint density at radius 1 is 1.23 bits per heavy atom. The van der Waals surface area contributed by atoms with Crippen LogP contribution in [0.15, 0.2) is 30.6 Å². The Bertz CT molecular complexity index is 1130. The second-order valence-corrected chi connectivity index (χ2v) is 7.33. The minimum absolute atomic E-state index is 0.165. The fraction of sp³-hybridized carbons (Fsp3) is 0.176. The third-order valence-electron chi connectivity index (χ3n) is 3.45. The highest BCUT2D eigenvalue weighted by Crippen LogP contribution is 2.22. The summed E-state index contributed by atoms with van der Waals surface area (Å²) in [5.74, 6) is 2.93. The van der Waals surface area contributed by atoms with E-state index < -0.39 is 27.2 Å². The number of H-pyrrole nitrogens is 1. The van der Waals surface area contributed by atoms with Gasteiger partial charge < -0.3 is 0 Å². The third kappa shape index (κ3) is 3.81. The maximum Gasteiger partial charge on any atom is 0.232 e. The Morgan fingerprint density at radius 3 is 2.81 bits per heavy atom. The van der Waals surface area contributed by atoms with Crippen molar-refractivity contribution in [1.82, 2.24) is 15.2 Å². The molecule has 0 aliphatic rings. The second kappa shape index (κ2) is 7.09. The Kier molecular flexibility index (Phi) is 4.86. The Morgan fingerprint density at radius 2 is 2.04 bits per heavy atom. The Labute approximate surface area is 148 Å². The van der Waals surface area contributed by atoms with Gasteiger partial charge in [-0.3, -0.25) is 9.82 Å². The molecule has 2 heterocycles. The van der Waals surface area contributed by atoms with E-state index >= 15 is 0 Å². The van der Waals surface area contributed by atoms with Crippen LogP contribution in [0.5, 0.6) is 0 Å². The van der Waals surface area contributed by atoms with Crippen molar-refractivity contribution in [2.24, 2.45) is 0 Å². The predicted octanol–water partition coefficient (Wildman–Crippen LogP) is 2.79. The quantitative estimate of drug-likeness (QED) is 0.686. The first kappa shape index (κ1) is 17.8. The lowest BCUT2D eigenvalue weighted by atomic mass is 10.1. The fourth-order valence-corrected chi connectivity index (χ4v) is 3.41. The molecule has 3 aromatic rings. The predicted molar refractivity (Wildman–Crippen MR) is 93.9 cm³/mol. The molecule has 0 atom stereocenters. The van der Waals surface area contributed by atoms with Crippen molar-refractivity contribution in [2.45, 2.75) is 13.3 Å². The lowest BCUT2D eigenvalue weighted by molar-refractivity contribution is 0.577. The number of aromatic amines is 1. The number of halogens is 2. The first-order valence-corrected chi connectivity index (χ1v) is 9.34. The van der Waals surface area contributed by atoms with Crippen molar-refractivity contribution in [3.8, 4) is 11.8 Å². The van der Waals surface area contributed by atoms with Crippen molar-refractivity contribution >= 4 is 26.7 Å². The average molecular weight is 376 g/mol. The fourth-order valence-electron chi connectivity index (χ4n) is 2.27. The molecule has 0 saturated carbocycles. The van der Waals surface area contributed by atoms with E-state index in [0.717, 1.165) is 12.1 Å². The summed E-state index contributed by atoms with van der Waals surface area (Å²) in [6.45, 7) is 1.68. The van der Waals surface area contributed by atoms with Gasteiger partial charge in [-0.25, -0.2) is 22.2 Å². The van der Waals surface area contributed by atoms with E-state index in [1.54, 1.807) is 19.2 Å². The summed E-state index contributed by atoms with van der Waals surface area (Å²) in [4.78, 5) is 4.09. The van der Waals surface area contributed by atoms with Crippen LogP contribution in [0.2, 0.25) is 0 Å². The van der Waals surface area contributed by atoms with Crippen molar-refractivity contribution in [1.29, 1.82) is 0 Å². The maximum atomic E-state index is 14.5. The number of hydrogen-bond acceptors (Lipinski definition) is 4. The number of aromatic nitrogens is 3. The molecule has 0 amide bonds. The lowest BCUT2D eigenvalue weighted by Crippen LogP contribution is -2.17. The minimum atomic E-state index is -3.70. The zero-order valence-corrected chi connectivity index (χ0v) is 14.5. The lowest BCUT2D eigenvalue weighted by Gasteiger charge is -2.09. The normalized spacial score (nSPS) is 11.2. The van der Waals surface area contributed by atoms with Crippen LogP contribution in [0, 0.1) is 23.5 Å². The van der Waals surface area contributed by atoms with Gasteiger partial charge in [-0.2, -0.15) is 5.10 Å². The van der Waals surface area contributed by atoms with Gasteiger partial charge in [0.05, 0.1) is 23.2 Å². The van der Waals surface area contributed by atoms with E-state index in [-0.39, 0.29) is 11.4 Å². The van der Waals surface area contributed by atoms with E-state index in [2.05, 4.69) is 31.7 Å². The zero-order valence-electron chi connectivity index (χ0n) is 13.7. The molecule has 6 nitrogen and oxygen atoms in total. The molecule has 26 heavy (non-hydrogen) atoms. The first-order valence-electron chi connectivity index (χ1n) is 7.69. The van der Waals surface area contributed by atoms with Crippen LogP contribution in [0.1, 0.15) is 24.5 Å². The van der Waals surface area contributed by atoms with E-state index in [1.165, 1.54) is 6.20 Å². The van der Waals surface area contributed by atoms with Gasteiger partial charge in [0.1, 0.15) is 5.82 Å². The SMILES string of the molecule is CCCS(=O)(=O)Nc1ccc(F)c(C#Cc2cnc3[nH]ncc3c2)c1F. The number of anilines is 1. The summed E-state index contributed by atoms with van der Waals surface area (Å²) in [5, 5.41) is 7.22. The summed E-state index contributed by atoms with van der Waals surface area (Å²) in [6, 6.07) is 3.67. The molecule has 0 spiro atoms. The van der Waals surface area contributed by atoms with E-state index in [0.29, 0.717) is 23.0 Å². The zero-order chi connectivity index (χ0) is 18.7. The number of sulfonamides is 1. The van der Waals surface area contributed by atoms with Gasteiger partial charge in [0.25, 0.3) is 0 Å². The molecule has 2 aromatic heterocycles. The summed E-state index contributed by atoms with van der Waals surface area (Å²) in [5.41, 5.74) is 0.149. The smallest absolute Gasteiger partial charge is 0.232 e. The van der Waals surface area contributed by atoms with Crippen molar-refractivity contribution in [3.05, 3.63) is 53.4 Å². The molecule has 134 valence electrons. The van der Waals surface area contributed by atoms with Crippen molar-refractivity contribution in [2.75, 3.05) is 10.5 Å². The van der Waals surface area contributed by atoms with E-state index in [9.17, 15) is 17.2 Å². The van der Waals surface area contributed by atoms with Crippen LogP contribution in [0.25, 0.3) is 11.0 Å². The van der Waals surface area contributed by atoms with Crippen LogP contribution in [-0.4, -0.2) is 29.4 Å². The molecule has 1 aromatic carbocycles. The highest BCUT2D eigenvalue weighted by atomic mass is 32.2. The van der Waals surface area contributed by atoms with Gasteiger partial charge >= 0.3 is 0 Å². The third-order valence-corrected chi connectivity index (χ3v) is 4.93. The van der Waals surface area contributed by atoms with Gasteiger partial charge in [-0.1, -0.05) is 18.8 Å². The van der Waals surface area contributed by atoms with Crippen LogP contribution in [0.3, 0.4) is 0 Å². The molecule has 0 radical (unpaired) electrons. The van der Waals surface area contributed by atoms with Gasteiger partial charge in [0.2, 0.25) is 10.0 Å². The summed E-state index contributed by atoms with van der Waals surface area (Å²) < 4.78 is 54.2. The molecule has 9 heteroatoms. The largest absolute Gasteiger partial charge is 0.281 e. The molecule has 0 bridgehead atoms. The van der Waals surface area contributed by atoms with Gasteiger partial charge in [-0.05, 0) is 24.6 Å². The Balaban J connectivity index is 1.96. The topological polar surface area (TPSA) is 87.7 Å². The van der Waals surface area contributed by atoms with Crippen LogP contribution in [-0.2, 0) is 10.0 Å². The Hall–Kier alpha value is -2.99. The van der Waals surface area contributed by atoms with E-state index in [1.807, 2.05) is 0 Å². The number of nitrogens with zero attached hydrogens (tertiary/aromatic N) is 2. The maximum absolute atomic E-state index is 14.5. The number of fused-ring (bicyclic) bond motifs is 1. The monoisotopic (exact) mass is 376 g/mol. The molecule has 0 fully saturated rings. The second-order valence-electron chi connectivity index (χ2n) is 5.49. The highest BCUT2D eigenvalue weighted by molar-refractivity contribution is 7.92. The number of pyridine rings is 1. The molecule has 0 unspecified atom stereocenters. The summed E-state index contributed by atoms with van der Waals surface area (Å²) >= 11 is 0. The molecular formula is C17H14F2N4O2S. The number of nitrogens with one attached hydrogen (secondary N) is 2. The van der Waals surface area contributed by atoms with Crippen LogP contribution in [0.4, 0.5) is 14.5 Å². The summed E-state index contributed by atoms with van der Waals surface area (Å²) in [6.07, 6.45) is 3.36. The summed E-state index contributed by atoms with van der Waals surface area (Å²) in [7, 11) is -3.70. The first-order chi connectivity index (χ1) is 12.4. The van der Waals surface area contributed by atoms with Crippen LogP contribution >= 0.6 is 0 Å². The van der Waals surface area contributed by atoms with Gasteiger partial charge in [0.15, 0.2) is 11.5 Å². The van der Waals surface area contributed by atoms with Crippen molar-refractivity contribution in [3.63, 3.8) is 0 Å². The highest BCUT2D eigenvalue weighted by Gasteiger charge is 2.16. The van der Waals surface area contributed by atoms with Gasteiger partial charge in [-0.15, -0.1) is 0 Å². The molecule has 0 saturated heterocycles. The minimum Gasteiger partial charge on any atom is -0.281 e. The average Bonchev–Trinajstić information content (AvgIpc) is 3.05. The van der Waals surface area contributed by atoms with Gasteiger partial charge in [0, 0.05) is 17.1 Å². The number of benzene rings is 1. The molecule has 3 rings (SSSR count). The van der Waals surface area contributed by atoms with E-state index in [4.69, 9.17) is 0 Å². The molecule has 0 aliphatic heterocycles. The number of rotatable bonds is 4. The standard InChI is InChI=1S/C17H14F2N4O2S/c1-2-7-26(24,25)23-15-6-5-14(18)13(16(15)19)4-3-11-8-12-10-21-22-17(12)20-9-11/h5-6,8-10,23H,2,7H2,1H3,(H,20,21,22). The number of hydrogen-bond donors (Lipinski definition) is 2. The van der Waals surface area contributed by atoms with Crippen molar-refractivity contribution < 1.29 is 17.2 Å². The molecular weight excluding hydrogens is 362 g/mol. The molecule has 0 aliphatic carbocycles.